The molecule has 1 aromatic heterocycles. The van der Waals surface area contributed by atoms with Crippen LogP contribution in [0.4, 0.5) is 3.89 Å². The summed E-state index contributed by atoms with van der Waals surface area (Å²) in [5.41, 5.74) is 0. The van der Waals surface area contributed by atoms with E-state index in [9.17, 15) is 12.3 Å². The van der Waals surface area contributed by atoms with Gasteiger partial charge in [0.15, 0.2) is 0 Å². The van der Waals surface area contributed by atoms with Gasteiger partial charge >= 0.3 is 10.2 Å². The molecule has 0 spiro atoms. The van der Waals surface area contributed by atoms with Crippen LogP contribution in [-0.4, -0.2) is 23.2 Å². The van der Waals surface area contributed by atoms with Crippen LogP contribution in [0.15, 0.2) is 11.5 Å². The van der Waals surface area contributed by atoms with Crippen LogP contribution in [0.1, 0.15) is 18.9 Å². The summed E-state index contributed by atoms with van der Waals surface area (Å²) in [6.45, 7) is 0. The fourth-order valence-electron chi connectivity index (χ4n) is 1.01. The van der Waals surface area contributed by atoms with Gasteiger partial charge in [-0.05, 0) is 12.8 Å². The van der Waals surface area contributed by atoms with E-state index in [1.54, 1.807) is 0 Å². The minimum Gasteiger partial charge on any atom is -0.299 e. The fraction of sp³-hybridized carbons (Fsp3) is 0.600. The number of halogens is 1. The highest BCUT2D eigenvalue weighted by Gasteiger charge is 2.31. The topological polar surface area (TPSA) is 64.8 Å². The molecule has 0 N–H and O–H groups in total. The van der Waals surface area contributed by atoms with Crippen LogP contribution >= 0.6 is 0 Å². The molecular formula is C5H6FN3O2S. The number of hydrogen-bond acceptors (Lipinski definition) is 4. The highest BCUT2D eigenvalue weighted by Crippen LogP contribution is 2.36. The van der Waals surface area contributed by atoms with E-state index in [1.807, 2.05) is 0 Å². The van der Waals surface area contributed by atoms with Crippen LogP contribution in [-0.2, 0) is 10.2 Å². The maximum Gasteiger partial charge on any atom is 0.368 e. The number of nitrogens with zero attached hydrogens (tertiary/aromatic N) is 3. The quantitative estimate of drug-likeness (QED) is 0.629. The molecule has 0 aromatic carbocycles. The van der Waals surface area contributed by atoms with Crippen LogP contribution in [0, 0.1) is 0 Å². The Morgan fingerprint density at radius 2 is 2.25 bits per heavy atom. The highest BCUT2D eigenvalue weighted by atomic mass is 32.3. The van der Waals surface area contributed by atoms with E-state index in [0.717, 1.165) is 12.8 Å². The summed E-state index contributed by atoms with van der Waals surface area (Å²) in [6.07, 6.45) is 2.96. The molecule has 1 aliphatic rings. The highest BCUT2D eigenvalue weighted by molar-refractivity contribution is 7.86. The third-order valence-electron chi connectivity index (χ3n) is 1.70. The van der Waals surface area contributed by atoms with Gasteiger partial charge in [0.25, 0.3) is 5.16 Å². The Kier molecular flexibility index (Phi) is 1.44. The summed E-state index contributed by atoms with van der Waals surface area (Å²) in [6, 6.07) is 0.0699. The molecule has 1 aromatic rings. The summed E-state index contributed by atoms with van der Waals surface area (Å²) in [7, 11) is -4.71. The Morgan fingerprint density at radius 3 is 2.75 bits per heavy atom. The minimum absolute atomic E-state index is 0.0699. The van der Waals surface area contributed by atoms with E-state index in [1.165, 1.54) is 10.9 Å². The summed E-state index contributed by atoms with van der Waals surface area (Å²) in [5, 5.41) is 5.96. The fourth-order valence-corrected chi connectivity index (χ4v) is 1.60. The lowest BCUT2D eigenvalue weighted by Crippen LogP contribution is -2.04. The summed E-state index contributed by atoms with van der Waals surface area (Å²) in [5.74, 6) is 0. The molecule has 0 bridgehead atoms. The van der Waals surface area contributed by atoms with Crippen molar-refractivity contribution in [1.82, 2.24) is 14.8 Å². The molecule has 5 nitrogen and oxygen atoms in total. The van der Waals surface area contributed by atoms with E-state index in [0.29, 0.717) is 0 Å². The maximum absolute atomic E-state index is 12.5. The van der Waals surface area contributed by atoms with Gasteiger partial charge in [-0.15, -0.1) is 10.2 Å². The van der Waals surface area contributed by atoms with Gasteiger partial charge in [0.2, 0.25) is 0 Å². The predicted molar refractivity (Wildman–Crippen MR) is 36.6 cm³/mol. The van der Waals surface area contributed by atoms with Crippen LogP contribution in [0.25, 0.3) is 0 Å². The zero-order valence-electron chi connectivity index (χ0n) is 6.01. The van der Waals surface area contributed by atoms with E-state index < -0.39 is 15.4 Å². The van der Waals surface area contributed by atoms with Crippen molar-refractivity contribution in [3.8, 4) is 0 Å². The van der Waals surface area contributed by atoms with E-state index >= 15 is 0 Å². The molecule has 0 amide bonds. The summed E-state index contributed by atoms with van der Waals surface area (Å²) in [4.78, 5) is 0. The normalized spacial score (nSPS) is 18.1. The Bertz CT molecular complexity index is 395. The zero-order valence-corrected chi connectivity index (χ0v) is 6.83. The molecular weight excluding hydrogens is 185 g/mol. The molecule has 0 unspecified atom stereocenters. The second-order valence-corrected chi connectivity index (χ2v) is 3.93. The minimum atomic E-state index is -4.71. The molecule has 1 fully saturated rings. The van der Waals surface area contributed by atoms with Crippen molar-refractivity contribution in [1.29, 1.82) is 0 Å². The van der Waals surface area contributed by atoms with Crippen molar-refractivity contribution in [2.24, 2.45) is 0 Å². The van der Waals surface area contributed by atoms with E-state index in [4.69, 9.17) is 0 Å². The lowest BCUT2D eigenvalue weighted by atomic mass is 10.7. The molecule has 0 atom stereocenters. The lowest BCUT2D eigenvalue weighted by molar-refractivity contribution is 0.524. The Hall–Kier alpha value is -0.980. The Morgan fingerprint density at radius 1 is 1.58 bits per heavy atom. The van der Waals surface area contributed by atoms with E-state index in [-0.39, 0.29) is 6.04 Å². The molecule has 1 saturated carbocycles. The molecule has 1 heterocycles. The van der Waals surface area contributed by atoms with Gasteiger partial charge in [0.1, 0.15) is 6.33 Å². The molecule has 2 rings (SSSR count). The van der Waals surface area contributed by atoms with Crippen molar-refractivity contribution >= 4 is 10.2 Å². The molecule has 7 heteroatoms. The van der Waals surface area contributed by atoms with Crippen molar-refractivity contribution in [2.45, 2.75) is 24.0 Å². The van der Waals surface area contributed by atoms with Crippen molar-refractivity contribution < 1.29 is 12.3 Å². The van der Waals surface area contributed by atoms with Gasteiger partial charge in [-0.2, -0.15) is 8.42 Å². The number of hydrogen-bond donors (Lipinski definition) is 0. The van der Waals surface area contributed by atoms with Gasteiger partial charge in [-0.25, -0.2) is 0 Å². The number of aromatic nitrogens is 3. The second-order valence-electron chi connectivity index (χ2n) is 2.69. The van der Waals surface area contributed by atoms with Gasteiger partial charge < -0.3 is 0 Å². The van der Waals surface area contributed by atoms with Crippen LogP contribution < -0.4 is 0 Å². The monoisotopic (exact) mass is 191 g/mol. The van der Waals surface area contributed by atoms with Crippen LogP contribution in [0.3, 0.4) is 0 Å². The first kappa shape index (κ1) is 7.66. The smallest absolute Gasteiger partial charge is 0.299 e. The molecule has 1 aliphatic carbocycles. The van der Waals surface area contributed by atoms with E-state index in [2.05, 4.69) is 10.2 Å². The average molecular weight is 191 g/mol. The first-order chi connectivity index (χ1) is 5.59. The van der Waals surface area contributed by atoms with Gasteiger partial charge in [-0.3, -0.25) is 4.57 Å². The van der Waals surface area contributed by atoms with Crippen molar-refractivity contribution in [3.63, 3.8) is 0 Å². The molecule has 0 saturated heterocycles. The molecule has 0 radical (unpaired) electrons. The summed E-state index contributed by atoms with van der Waals surface area (Å²) < 4.78 is 34.6. The molecule has 12 heavy (non-hydrogen) atoms. The first-order valence-corrected chi connectivity index (χ1v) is 4.81. The maximum atomic E-state index is 12.5. The van der Waals surface area contributed by atoms with Crippen molar-refractivity contribution in [2.75, 3.05) is 0 Å². The third kappa shape index (κ3) is 1.20. The Labute approximate surface area is 68.4 Å². The van der Waals surface area contributed by atoms with Gasteiger partial charge in [0, 0.05) is 6.04 Å². The summed E-state index contributed by atoms with van der Waals surface area (Å²) >= 11 is 0. The van der Waals surface area contributed by atoms with Crippen LogP contribution in [0.5, 0.6) is 0 Å². The Balaban J connectivity index is 2.49. The largest absolute Gasteiger partial charge is 0.368 e. The lowest BCUT2D eigenvalue weighted by Gasteiger charge is -1.97. The van der Waals surface area contributed by atoms with Crippen LogP contribution in [0.2, 0.25) is 0 Å². The third-order valence-corrected chi connectivity index (χ3v) is 2.43. The first-order valence-electron chi connectivity index (χ1n) is 3.43. The van der Waals surface area contributed by atoms with Gasteiger partial charge in [0.05, 0.1) is 0 Å². The standard InChI is InChI=1S/C5H6FN3O2S/c6-12(10,11)5-8-7-3-9(5)4-1-2-4/h3-4H,1-2H2. The molecule has 66 valence electrons. The second kappa shape index (κ2) is 2.25. The predicted octanol–water partition coefficient (Wildman–Crippen LogP) is 0.271. The zero-order chi connectivity index (χ0) is 8.77. The SMILES string of the molecule is O=S(=O)(F)c1nncn1C1CC1. The number of rotatable bonds is 2. The van der Waals surface area contributed by atoms with Crippen molar-refractivity contribution in [3.05, 3.63) is 6.33 Å². The van der Waals surface area contributed by atoms with Gasteiger partial charge in [-0.1, -0.05) is 3.89 Å². The molecule has 0 aliphatic heterocycles. The average Bonchev–Trinajstić information content (AvgIpc) is 2.65.